The van der Waals surface area contributed by atoms with Gasteiger partial charge in [0.2, 0.25) is 17.2 Å². The molecule has 4 aromatic rings. The van der Waals surface area contributed by atoms with Crippen molar-refractivity contribution in [3.63, 3.8) is 0 Å². The monoisotopic (exact) mass is 1230 g/mol. The molecule has 26 heteroatoms. The van der Waals surface area contributed by atoms with Gasteiger partial charge in [-0.05, 0) is 74.2 Å². The van der Waals surface area contributed by atoms with Crippen LogP contribution in [-0.2, 0) is 51.6 Å². The van der Waals surface area contributed by atoms with Gasteiger partial charge in [0.25, 0.3) is 12.0 Å². The third-order valence-electron chi connectivity index (χ3n) is 11.5. The van der Waals surface area contributed by atoms with Crippen LogP contribution in [0.15, 0.2) is 58.5 Å². The minimum absolute atomic E-state index is 0. The van der Waals surface area contributed by atoms with Gasteiger partial charge in [0, 0.05) is 51.0 Å². The van der Waals surface area contributed by atoms with Crippen LogP contribution in [0.25, 0.3) is 0 Å². The SMILES string of the molecule is COc1c(N)cc(C(C)(C)C)cc1NC1=NCCO1.COc1c(N)cc(C(C)(C)C)cc1[N+](=O)[O-].COc1c(NC(=O)NCCCl)cc(C(C)(C)C)cc1[N+](=O)[O-].COc1c(NC2=NCCO2)cc(C(C)(C)C)cc1[N+](=O)[O-].[CH3-].[Pd]. The number of aliphatic imine (C=N–C) groups is 2. The van der Waals surface area contributed by atoms with Crippen LogP contribution < -0.4 is 51.7 Å². The van der Waals surface area contributed by atoms with Crippen LogP contribution in [0.4, 0.5) is 50.3 Å². The summed E-state index contributed by atoms with van der Waals surface area (Å²) >= 11 is 5.50. The Balaban J connectivity index is 0.000000532. The number of hydrogen-bond donors (Lipinski definition) is 6. The summed E-state index contributed by atoms with van der Waals surface area (Å²) in [7, 11) is 5.70. The third-order valence-corrected chi connectivity index (χ3v) is 11.7. The molecule has 0 saturated heterocycles. The number of nitrogens with one attached hydrogen (secondary N) is 4. The van der Waals surface area contributed by atoms with Crippen LogP contribution in [0, 0.1) is 37.8 Å². The van der Waals surface area contributed by atoms with Gasteiger partial charge in [-0.25, -0.2) is 14.8 Å². The molecule has 446 valence electrons. The van der Waals surface area contributed by atoms with Crippen LogP contribution in [0.5, 0.6) is 23.0 Å². The van der Waals surface area contributed by atoms with E-state index in [1.807, 2.05) is 80.5 Å². The summed E-state index contributed by atoms with van der Waals surface area (Å²) in [5, 5.41) is 44.6. The molecule has 0 aromatic heterocycles. The van der Waals surface area contributed by atoms with E-state index in [4.69, 9.17) is 51.5 Å². The van der Waals surface area contributed by atoms with E-state index in [-0.39, 0.29) is 102 Å². The Morgan fingerprint density at radius 2 is 0.875 bits per heavy atom. The topological polar surface area (TPSA) is 327 Å². The first kappa shape index (κ1) is 70.7. The molecule has 0 unspecified atom stereocenters. The molecule has 0 spiro atoms. The summed E-state index contributed by atoms with van der Waals surface area (Å²) in [5.74, 6) is 1.20. The maximum atomic E-state index is 11.8. The third kappa shape index (κ3) is 20.1. The first-order valence-corrected chi connectivity index (χ1v) is 25.1. The number of nitrogen functional groups attached to an aromatic ring is 2. The van der Waals surface area contributed by atoms with Gasteiger partial charge < -0.3 is 68.6 Å². The number of nitrogens with zero attached hydrogens (tertiary/aromatic N) is 5. The van der Waals surface area contributed by atoms with E-state index in [1.165, 1.54) is 33.5 Å². The van der Waals surface area contributed by atoms with Gasteiger partial charge >= 0.3 is 23.1 Å². The number of carbonyl (C=O) groups is 1. The molecule has 2 aliphatic rings. The molecule has 80 heavy (non-hydrogen) atoms. The summed E-state index contributed by atoms with van der Waals surface area (Å²) in [6, 6.07) is 14.1. The number of nitrogens with two attached hydrogens (primary N) is 2. The predicted molar refractivity (Wildman–Crippen MR) is 313 cm³/mol. The largest absolute Gasteiger partial charge is 0.492 e. The van der Waals surface area contributed by atoms with Crippen LogP contribution >= 0.6 is 11.6 Å². The first-order chi connectivity index (χ1) is 36.2. The first-order valence-electron chi connectivity index (χ1n) is 24.6. The quantitative estimate of drug-likeness (QED) is 0.0192. The van der Waals surface area contributed by atoms with Crippen molar-refractivity contribution in [1.82, 2.24) is 5.32 Å². The van der Waals surface area contributed by atoms with E-state index in [2.05, 4.69) is 52.0 Å². The van der Waals surface area contributed by atoms with Crippen molar-refractivity contribution in [2.45, 2.75) is 105 Å². The van der Waals surface area contributed by atoms with E-state index < -0.39 is 20.8 Å². The molecule has 0 atom stereocenters. The van der Waals surface area contributed by atoms with Crippen LogP contribution in [0.3, 0.4) is 0 Å². The second-order valence-corrected chi connectivity index (χ2v) is 22.0. The number of nitro groups is 3. The summed E-state index contributed by atoms with van der Waals surface area (Å²) in [6.07, 6.45) is 0. The van der Waals surface area contributed by atoms with Crippen LogP contribution in [0.2, 0.25) is 0 Å². The van der Waals surface area contributed by atoms with Crippen molar-refractivity contribution in [2.75, 3.05) is 94.6 Å². The molecule has 0 saturated carbocycles. The number of anilines is 5. The molecule has 0 aliphatic carbocycles. The van der Waals surface area contributed by atoms with Gasteiger partial charge in [-0.1, -0.05) is 83.1 Å². The van der Waals surface area contributed by atoms with Gasteiger partial charge in [-0.2, -0.15) is 0 Å². The van der Waals surface area contributed by atoms with Gasteiger partial charge in [-0.3, -0.25) is 30.3 Å². The fraction of sp³-hybridized carbons (Fsp3) is 0.481. The number of methoxy groups -OCH3 is 4. The van der Waals surface area contributed by atoms with Gasteiger partial charge in [-0.15, -0.1) is 11.6 Å². The number of benzene rings is 4. The average molecular weight is 1230 g/mol. The van der Waals surface area contributed by atoms with E-state index in [1.54, 1.807) is 25.3 Å². The number of nitro benzene ring substituents is 3. The number of amidine groups is 2. The molecular formula is C54H79ClN11O13Pd-. The number of carbonyl (C=O) groups excluding carboxylic acids is 1. The summed E-state index contributed by atoms with van der Waals surface area (Å²) < 4.78 is 31.3. The summed E-state index contributed by atoms with van der Waals surface area (Å²) in [6.45, 7) is 26.7. The van der Waals surface area contributed by atoms with Crippen molar-refractivity contribution in [3.8, 4) is 23.0 Å². The fourth-order valence-corrected chi connectivity index (χ4v) is 7.28. The number of alkyl halides is 1. The fourth-order valence-electron chi connectivity index (χ4n) is 7.19. The molecule has 8 N–H and O–H groups in total. The molecule has 0 bridgehead atoms. The van der Waals surface area contributed by atoms with E-state index in [0.29, 0.717) is 66.7 Å². The van der Waals surface area contributed by atoms with Gasteiger partial charge in [0.15, 0.2) is 5.75 Å². The van der Waals surface area contributed by atoms with Crippen molar-refractivity contribution in [3.05, 3.63) is 109 Å². The predicted octanol–water partition coefficient (Wildman–Crippen LogP) is 11.3. The number of rotatable bonds is 12. The second kappa shape index (κ2) is 30.3. The molecule has 0 radical (unpaired) electrons. The maximum absolute atomic E-state index is 11.8. The average Bonchev–Trinajstić information content (AvgIpc) is 4.07. The molecule has 24 nitrogen and oxygen atoms in total. The van der Waals surface area contributed by atoms with Crippen molar-refractivity contribution in [1.29, 1.82) is 0 Å². The zero-order valence-corrected chi connectivity index (χ0v) is 51.1. The Hall–Kier alpha value is -7.36. The molecular weight excluding hydrogens is 1150 g/mol. The van der Waals surface area contributed by atoms with E-state index in [9.17, 15) is 35.1 Å². The Bertz CT molecular complexity index is 2860. The molecule has 6 rings (SSSR count). The Labute approximate surface area is 487 Å². The van der Waals surface area contributed by atoms with Crippen LogP contribution in [0.1, 0.15) is 105 Å². The summed E-state index contributed by atoms with van der Waals surface area (Å²) in [5.41, 5.74) is 16.6. The van der Waals surface area contributed by atoms with Crippen molar-refractivity contribution < 1.29 is 68.4 Å². The molecule has 2 aliphatic heterocycles. The van der Waals surface area contributed by atoms with Crippen LogP contribution in [-0.4, -0.2) is 100 Å². The Morgan fingerprint density at radius 3 is 1.20 bits per heavy atom. The summed E-state index contributed by atoms with van der Waals surface area (Å²) in [4.78, 5) is 52.1. The zero-order valence-electron chi connectivity index (χ0n) is 48.8. The molecule has 2 heterocycles. The number of hydrogen-bond acceptors (Lipinski definition) is 19. The van der Waals surface area contributed by atoms with Crippen molar-refractivity contribution >= 4 is 75.2 Å². The molecule has 2 amide bonds. The van der Waals surface area contributed by atoms with Gasteiger partial charge in [0.05, 0.1) is 84.7 Å². The normalized spacial score (nSPS) is 12.6. The number of ether oxygens (including phenoxy) is 6. The zero-order chi connectivity index (χ0) is 59.1. The van der Waals surface area contributed by atoms with E-state index >= 15 is 0 Å². The molecule has 0 fully saturated rings. The van der Waals surface area contributed by atoms with E-state index in [0.717, 1.165) is 22.4 Å². The maximum Gasteiger partial charge on any atom is 0.319 e. The smallest absolute Gasteiger partial charge is 0.319 e. The molecule has 4 aromatic carbocycles. The minimum Gasteiger partial charge on any atom is -0.492 e. The van der Waals surface area contributed by atoms with Gasteiger partial charge in [0.1, 0.15) is 13.2 Å². The standard InChI is InChI=1S/C14H20ClN3O4.C14H19N3O4.C14H21N3O2.C11H16N2O3.CH3.Pd/c1-14(2,3)9-7-10(17-13(19)16-6-5-15)12(22-4)11(8-9)18(20)21;1-14(2,3)9-7-10(16-13-15-5-6-21-13)12(20-4)11(8-9)17(18)19;1-14(2,3)9-7-10(15)12(18-4)11(8-9)17-13-16-5-6-19-13;1-11(2,3)7-5-8(12)10(16-4)9(6-7)13(14)15;;/h7-8H,5-6H2,1-4H3,(H2,16,17,19);7-8H,5-6H2,1-4H3,(H,15,16);7-8H,5-6,15H2,1-4H3,(H,16,17);5-6H,12H2,1-4H3;1H3;/q;;;;-1;. The number of amides is 2. The Kier molecular flexibility index (Phi) is 26.8. The minimum atomic E-state index is -0.532. The second-order valence-electron chi connectivity index (χ2n) is 21.6. The number of halogens is 1. The number of urea groups is 1. The van der Waals surface area contributed by atoms with Crippen molar-refractivity contribution in [2.24, 2.45) is 9.98 Å². The Morgan fingerprint density at radius 1 is 0.562 bits per heavy atom.